The Hall–Kier alpha value is -3.81. The van der Waals surface area contributed by atoms with Crippen molar-refractivity contribution >= 4 is 11.6 Å². The summed E-state index contributed by atoms with van der Waals surface area (Å²) in [6, 6.07) is 9.85. The molecule has 1 amide bonds. The number of anilines is 1. The summed E-state index contributed by atoms with van der Waals surface area (Å²) < 4.78 is 17.4. The number of carbonyl (C=O) groups excluding carboxylic acids is 1. The Morgan fingerprint density at radius 3 is 2.69 bits per heavy atom. The minimum Gasteiger partial charge on any atom is -0.327 e. The van der Waals surface area contributed by atoms with Crippen molar-refractivity contribution in [1.29, 1.82) is 0 Å². The third-order valence-electron chi connectivity index (χ3n) is 5.77. The Bertz CT molecular complexity index is 1270. The highest BCUT2D eigenvalue weighted by molar-refractivity contribution is 6.05. The number of fused-ring (bicyclic) bond motifs is 1. The van der Waals surface area contributed by atoms with E-state index in [1.165, 1.54) is 12.1 Å². The second-order valence-electron chi connectivity index (χ2n) is 7.87. The number of aromatic nitrogens is 5. The quantitative estimate of drug-likeness (QED) is 0.515. The van der Waals surface area contributed by atoms with Crippen LogP contribution in [0.2, 0.25) is 0 Å². The normalized spacial score (nSPS) is 13.4. The summed E-state index contributed by atoms with van der Waals surface area (Å²) in [5.41, 5.74) is 2.70. The lowest BCUT2D eigenvalue weighted by atomic mass is 10.1. The van der Waals surface area contributed by atoms with Gasteiger partial charge in [-0.25, -0.2) is 19.3 Å². The first-order valence-corrected chi connectivity index (χ1v) is 10.7. The molecule has 0 radical (unpaired) electrons. The number of nitrogens with zero attached hydrogens (tertiary/aromatic N) is 5. The molecule has 7 nitrogen and oxygen atoms in total. The van der Waals surface area contributed by atoms with E-state index in [9.17, 15) is 9.18 Å². The number of nitrogens with one attached hydrogen (secondary N) is 1. The Morgan fingerprint density at radius 1 is 1.06 bits per heavy atom. The molecule has 0 saturated heterocycles. The standard InChI is InChI=1S/C24H23FN6O/c1-16-26-13-15-30(16)23-19(6-5-12-27-23)28-24(32)21-20-7-3-2-4-14-31(20)22(29-21)17-8-10-18(25)11-9-17/h5-6,8-13,15H,2-4,7,14H2,1H3,(H,28,32). The first-order valence-electron chi connectivity index (χ1n) is 10.7. The number of aryl methyl sites for hydroxylation is 1. The van der Waals surface area contributed by atoms with Crippen LogP contribution < -0.4 is 5.32 Å². The number of halogens is 1. The summed E-state index contributed by atoms with van der Waals surface area (Å²) in [7, 11) is 0. The third-order valence-corrected chi connectivity index (χ3v) is 5.77. The van der Waals surface area contributed by atoms with Crippen LogP contribution >= 0.6 is 0 Å². The van der Waals surface area contributed by atoms with Crippen molar-refractivity contribution in [3.63, 3.8) is 0 Å². The molecule has 3 aromatic heterocycles. The minimum atomic E-state index is -0.298. The fraction of sp³-hybridized carbons (Fsp3) is 0.250. The molecule has 1 N–H and O–H groups in total. The zero-order valence-corrected chi connectivity index (χ0v) is 17.8. The average Bonchev–Trinajstić information content (AvgIpc) is 3.30. The molecule has 1 aliphatic rings. The van der Waals surface area contributed by atoms with Crippen LogP contribution in [0.25, 0.3) is 17.2 Å². The van der Waals surface area contributed by atoms with E-state index in [2.05, 4.69) is 19.9 Å². The predicted octanol–water partition coefficient (Wildman–Crippen LogP) is 4.56. The van der Waals surface area contributed by atoms with E-state index >= 15 is 0 Å². The van der Waals surface area contributed by atoms with Crippen molar-refractivity contribution in [2.45, 2.75) is 39.2 Å². The van der Waals surface area contributed by atoms with E-state index in [0.29, 0.717) is 23.0 Å². The van der Waals surface area contributed by atoms with Crippen molar-refractivity contribution in [1.82, 2.24) is 24.1 Å². The number of amides is 1. The number of benzene rings is 1. The van der Waals surface area contributed by atoms with Crippen LogP contribution in [0.5, 0.6) is 0 Å². The lowest BCUT2D eigenvalue weighted by Crippen LogP contribution is -2.17. The third kappa shape index (κ3) is 3.68. The van der Waals surface area contributed by atoms with E-state index < -0.39 is 0 Å². The summed E-state index contributed by atoms with van der Waals surface area (Å²) in [5, 5.41) is 3.00. The molecule has 0 spiro atoms. The van der Waals surface area contributed by atoms with Gasteiger partial charge in [-0.05, 0) is 62.6 Å². The summed E-state index contributed by atoms with van der Waals surface area (Å²) in [4.78, 5) is 26.8. The Kier molecular flexibility index (Phi) is 5.26. The molecule has 8 heteroatoms. The molecular weight excluding hydrogens is 407 g/mol. The molecule has 4 heterocycles. The van der Waals surface area contributed by atoms with Crippen molar-refractivity contribution in [3.8, 4) is 17.2 Å². The zero-order chi connectivity index (χ0) is 22.1. The second-order valence-corrected chi connectivity index (χ2v) is 7.87. The van der Waals surface area contributed by atoms with Gasteiger partial charge >= 0.3 is 0 Å². The van der Waals surface area contributed by atoms with Gasteiger partial charge in [-0.2, -0.15) is 0 Å². The molecule has 162 valence electrons. The minimum absolute atomic E-state index is 0.281. The fourth-order valence-electron chi connectivity index (χ4n) is 4.19. The van der Waals surface area contributed by atoms with Gasteiger partial charge in [0.1, 0.15) is 23.2 Å². The monoisotopic (exact) mass is 430 g/mol. The van der Waals surface area contributed by atoms with Gasteiger partial charge in [-0.1, -0.05) is 6.42 Å². The van der Waals surface area contributed by atoms with Gasteiger partial charge in [-0.3, -0.25) is 9.36 Å². The molecule has 0 bridgehead atoms. The van der Waals surface area contributed by atoms with E-state index in [4.69, 9.17) is 4.98 Å². The molecule has 0 saturated carbocycles. The summed E-state index contributed by atoms with van der Waals surface area (Å²) in [6.07, 6.45) is 9.07. The topological polar surface area (TPSA) is 77.6 Å². The van der Waals surface area contributed by atoms with Gasteiger partial charge in [0.05, 0.1) is 11.4 Å². The van der Waals surface area contributed by atoms with Crippen LogP contribution in [0.15, 0.2) is 55.0 Å². The van der Waals surface area contributed by atoms with E-state index in [-0.39, 0.29) is 11.7 Å². The number of hydrogen-bond acceptors (Lipinski definition) is 4. The molecule has 0 fully saturated rings. The smallest absolute Gasteiger partial charge is 0.276 e. The maximum absolute atomic E-state index is 13.5. The second kappa shape index (κ2) is 8.37. The number of rotatable bonds is 4. The summed E-state index contributed by atoms with van der Waals surface area (Å²) >= 11 is 0. The van der Waals surface area contributed by atoms with Crippen LogP contribution in [-0.2, 0) is 13.0 Å². The molecule has 4 aromatic rings. The van der Waals surface area contributed by atoms with Gasteiger partial charge in [0, 0.05) is 30.7 Å². The van der Waals surface area contributed by atoms with E-state index in [0.717, 1.165) is 49.3 Å². The summed E-state index contributed by atoms with van der Waals surface area (Å²) in [6.45, 7) is 2.67. The molecule has 0 unspecified atom stereocenters. The lowest BCUT2D eigenvalue weighted by Gasteiger charge is -2.12. The molecule has 32 heavy (non-hydrogen) atoms. The molecule has 0 atom stereocenters. The van der Waals surface area contributed by atoms with Crippen molar-refractivity contribution in [3.05, 3.63) is 78.0 Å². The van der Waals surface area contributed by atoms with Gasteiger partial charge in [0.15, 0.2) is 5.82 Å². The predicted molar refractivity (Wildman–Crippen MR) is 119 cm³/mol. The number of pyridine rings is 1. The van der Waals surface area contributed by atoms with Crippen molar-refractivity contribution in [2.75, 3.05) is 5.32 Å². The van der Waals surface area contributed by atoms with Gasteiger partial charge < -0.3 is 9.88 Å². The molecule has 1 aromatic carbocycles. The SMILES string of the molecule is Cc1nccn1-c1ncccc1NC(=O)c1nc(-c2ccc(F)cc2)n2c1CCCCC2. The average molecular weight is 430 g/mol. The Labute approximate surface area is 185 Å². The van der Waals surface area contributed by atoms with Gasteiger partial charge in [0.25, 0.3) is 5.91 Å². The van der Waals surface area contributed by atoms with Crippen LogP contribution in [0, 0.1) is 12.7 Å². The van der Waals surface area contributed by atoms with E-state index in [1.54, 1.807) is 30.6 Å². The largest absolute Gasteiger partial charge is 0.327 e. The number of hydrogen-bond donors (Lipinski definition) is 1. The highest BCUT2D eigenvalue weighted by atomic mass is 19.1. The van der Waals surface area contributed by atoms with Gasteiger partial charge in [0.2, 0.25) is 0 Å². The fourth-order valence-corrected chi connectivity index (χ4v) is 4.19. The first kappa shape index (κ1) is 20.1. The summed E-state index contributed by atoms with van der Waals surface area (Å²) in [5.74, 6) is 1.49. The molecule has 5 rings (SSSR count). The molecule has 1 aliphatic heterocycles. The Balaban J connectivity index is 1.54. The van der Waals surface area contributed by atoms with Crippen LogP contribution in [0.1, 0.15) is 41.3 Å². The van der Waals surface area contributed by atoms with Crippen molar-refractivity contribution < 1.29 is 9.18 Å². The number of carbonyl (C=O) groups is 1. The highest BCUT2D eigenvalue weighted by Crippen LogP contribution is 2.28. The highest BCUT2D eigenvalue weighted by Gasteiger charge is 2.25. The van der Waals surface area contributed by atoms with Crippen LogP contribution in [0.4, 0.5) is 10.1 Å². The lowest BCUT2D eigenvalue weighted by molar-refractivity contribution is 0.102. The molecular formula is C24H23FN6O. The molecule has 0 aliphatic carbocycles. The van der Waals surface area contributed by atoms with E-state index in [1.807, 2.05) is 23.8 Å². The Morgan fingerprint density at radius 2 is 1.91 bits per heavy atom. The maximum atomic E-state index is 13.5. The van der Waals surface area contributed by atoms with Crippen LogP contribution in [0.3, 0.4) is 0 Å². The number of imidazole rings is 2. The maximum Gasteiger partial charge on any atom is 0.276 e. The van der Waals surface area contributed by atoms with Gasteiger partial charge in [-0.15, -0.1) is 0 Å². The first-order chi connectivity index (χ1) is 15.6. The van der Waals surface area contributed by atoms with Crippen LogP contribution in [-0.4, -0.2) is 30.0 Å². The zero-order valence-electron chi connectivity index (χ0n) is 17.8. The van der Waals surface area contributed by atoms with Crippen molar-refractivity contribution in [2.24, 2.45) is 0 Å².